The third-order valence-electron chi connectivity index (χ3n) is 6.18. The standard InChI is InChI=1S/C26H29N5O4S/c1-25(2,3)24-30-29-22(35-24)17-8-11-21-20(12-17)31(23(32)19(28)14-36(21,33)34)13-16-6-9-18(10-7-16)26(4,5)15-27/h6-12,19H,13-14,28H2,1-5H3/t19-/m0/s1. The Kier molecular flexibility index (Phi) is 6.27. The largest absolute Gasteiger partial charge is 0.420 e. The number of sulfone groups is 1. The Morgan fingerprint density at radius 3 is 2.36 bits per heavy atom. The molecular weight excluding hydrogens is 478 g/mol. The Morgan fingerprint density at radius 1 is 1.11 bits per heavy atom. The fourth-order valence-electron chi connectivity index (χ4n) is 3.92. The molecule has 188 valence electrons. The van der Waals surface area contributed by atoms with E-state index in [0.717, 1.165) is 11.1 Å². The Labute approximate surface area is 210 Å². The number of carbonyl (C=O) groups is 1. The minimum Gasteiger partial charge on any atom is -0.420 e. The number of nitriles is 1. The van der Waals surface area contributed by atoms with Crippen molar-refractivity contribution in [2.75, 3.05) is 10.7 Å². The van der Waals surface area contributed by atoms with E-state index in [0.29, 0.717) is 11.5 Å². The number of hydrogen-bond acceptors (Lipinski definition) is 8. The highest BCUT2D eigenvalue weighted by molar-refractivity contribution is 7.91. The predicted molar refractivity (Wildman–Crippen MR) is 135 cm³/mol. The van der Waals surface area contributed by atoms with Gasteiger partial charge in [-0.1, -0.05) is 45.0 Å². The number of nitrogens with two attached hydrogens (primary N) is 1. The van der Waals surface area contributed by atoms with E-state index in [1.54, 1.807) is 12.1 Å². The first-order valence-corrected chi connectivity index (χ1v) is 13.2. The van der Waals surface area contributed by atoms with E-state index in [4.69, 9.17) is 10.2 Å². The Hall–Kier alpha value is -3.55. The van der Waals surface area contributed by atoms with Crippen molar-refractivity contribution >= 4 is 21.4 Å². The van der Waals surface area contributed by atoms with Crippen LogP contribution in [0.3, 0.4) is 0 Å². The molecule has 0 saturated heterocycles. The summed E-state index contributed by atoms with van der Waals surface area (Å²) in [6.07, 6.45) is 0. The zero-order valence-corrected chi connectivity index (χ0v) is 21.8. The SMILES string of the molecule is CC(C)(C)c1nnc(-c2ccc3c(c2)N(Cc2ccc(C(C)(C)C#N)cc2)C(=O)[C@@H](N)CS3(=O)=O)o1. The van der Waals surface area contributed by atoms with Crippen LogP contribution in [-0.2, 0) is 32.0 Å². The van der Waals surface area contributed by atoms with Gasteiger partial charge in [0.15, 0.2) is 9.84 Å². The van der Waals surface area contributed by atoms with Crippen LogP contribution >= 0.6 is 0 Å². The lowest BCUT2D eigenvalue weighted by Gasteiger charge is -2.25. The van der Waals surface area contributed by atoms with Crippen LogP contribution in [0.5, 0.6) is 0 Å². The second kappa shape index (κ2) is 8.84. The Bertz CT molecular complexity index is 1460. The first-order valence-electron chi connectivity index (χ1n) is 11.5. The van der Waals surface area contributed by atoms with Gasteiger partial charge in [0.1, 0.15) is 0 Å². The lowest BCUT2D eigenvalue weighted by Crippen LogP contribution is -2.45. The van der Waals surface area contributed by atoms with E-state index in [1.165, 1.54) is 11.0 Å². The predicted octanol–water partition coefficient (Wildman–Crippen LogP) is 3.48. The summed E-state index contributed by atoms with van der Waals surface area (Å²) in [5.74, 6) is -0.324. The van der Waals surface area contributed by atoms with Gasteiger partial charge in [0.2, 0.25) is 17.7 Å². The number of amides is 1. The normalized spacial score (nSPS) is 17.9. The highest BCUT2D eigenvalue weighted by Gasteiger charge is 2.36. The van der Waals surface area contributed by atoms with Gasteiger partial charge in [-0.2, -0.15) is 5.26 Å². The van der Waals surface area contributed by atoms with Gasteiger partial charge >= 0.3 is 0 Å². The van der Waals surface area contributed by atoms with Crippen molar-refractivity contribution in [3.63, 3.8) is 0 Å². The molecule has 0 aliphatic carbocycles. The highest BCUT2D eigenvalue weighted by Crippen LogP contribution is 2.36. The van der Waals surface area contributed by atoms with Gasteiger partial charge in [0.25, 0.3) is 0 Å². The van der Waals surface area contributed by atoms with Gasteiger partial charge in [-0.25, -0.2) is 8.42 Å². The molecule has 0 saturated carbocycles. The van der Waals surface area contributed by atoms with E-state index in [1.807, 2.05) is 58.9 Å². The van der Waals surface area contributed by atoms with Crippen molar-refractivity contribution in [3.8, 4) is 17.5 Å². The second-order valence-electron chi connectivity index (χ2n) is 10.6. The summed E-state index contributed by atoms with van der Waals surface area (Å²) in [5, 5.41) is 17.6. The van der Waals surface area contributed by atoms with E-state index >= 15 is 0 Å². The van der Waals surface area contributed by atoms with Crippen LogP contribution in [0, 0.1) is 11.3 Å². The number of nitrogens with zero attached hydrogens (tertiary/aromatic N) is 4. The molecule has 0 bridgehead atoms. The Balaban J connectivity index is 1.79. The van der Waals surface area contributed by atoms with Crippen LogP contribution in [0.1, 0.15) is 51.6 Å². The van der Waals surface area contributed by atoms with Gasteiger partial charge in [0.05, 0.1) is 40.4 Å². The van der Waals surface area contributed by atoms with Crippen LogP contribution in [0.2, 0.25) is 0 Å². The first-order chi connectivity index (χ1) is 16.7. The smallest absolute Gasteiger partial charge is 0.247 e. The third kappa shape index (κ3) is 4.76. The summed E-state index contributed by atoms with van der Waals surface area (Å²) in [7, 11) is -3.82. The summed E-state index contributed by atoms with van der Waals surface area (Å²) in [6.45, 7) is 9.58. The molecule has 1 aliphatic rings. The minimum atomic E-state index is -3.82. The summed E-state index contributed by atoms with van der Waals surface area (Å²) < 4.78 is 32.0. The average molecular weight is 508 g/mol. The average Bonchev–Trinajstić information content (AvgIpc) is 3.31. The third-order valence-corrected chi connectivity index (χ3v) is 7.99. The van der Waals surface area contributed by atoms with Crippen molar-refractivity contribution < 1.29 is 17.6 Å². The summed E-state index contributed by atoms with van der Waals surface area (Å²) in [4.78, 5) is 14.7. The van der Waals surface area contributed by atoms with E-state index in [9.17, 15) is 18.5 Å². The maximum atomic E-state index is 13.3. The van der Waals surface area contributed by atoms with Gasteiger partial charge in [-0.05, 0) is 43.2 Å². The van der Waals surface area contributed by atoms with Crippen LogP contribution in [0.15, 0.2) is 51.8 Å². The lowest BCUT2D eigenvalue weighted by molar-refractivity contribution is -0.119. The second-order valence-corrected chi connectivity index (χ2v) is 12.6. The number of aromatic nitrogens is 2. The molecule has 0 spiro atoms. The number of fused-ring (bicyclic) bond motifs is 1. The van der Waals surface area contributed by atoms with Crippen molar-refractivity contribution in [1.29, 1.82) is 5.26 Å². The van der Waals surface area contributed by atoms with Crippen LogP contribution < -0.4 is 10.6 Å². The van der Waals surface area contributed by atoms with Crippen LogP contribution in [0.4, 0.5) is 5.69 Å². The van der Waals surface area contributed by atoms with E-state index in [2.05, 4.69) is 16.3 Å². The molecule has 0 unspecified atom stereocenters. The fourth-order valence-corrected chi connectivity index (χ4v) is 5.48. The molecule has 4 rings (SSSR count). The monoisotopic (exact) mass is 507 g/mol. The van der Waals surface area contributed by atoms with Crippen molar-refractivity contribution in [2.45, 2.75) is 62.9 Å². The molecule has 2 aromatic carbocycles. The number of benzene rings is 2. The maximum absolute atomic E-state index is 13.3. The number of carbonyl (C=O) groups excluding carboxylic acids is 1. The van der Waals surface area contributed by atoms with Crippen molar-refractivity contribution in [1.82, 2.24) is 10.2 Å². The van der Waals surface area contributed by atoms with Crippen molar-refractivity contribution in [3.05, 3.63) is 59.5 Å². The summed E-state index contributed by atoms with van der Waals surface area (Å²) in [6, 6.07) is 13.0. The van der Waals surface area contributed by atoms with Crippen LogP contribution in [0.25, 0.3) is 11.5 Å². The van der Waals surface area contributed by atoms with Gasteiger partial charge in [0, 0.05) is 11.0 Å². The lowest BCUT2D eigenvalue weighted by atomic mass is 9.86. The molecular formula is C26H29N5O4S. The van der Waals surface area contributed by atoms with E-state index in [-0.39, 0.29) is 28.4 Å². The number of anilines is 1. The Morgan fingerprint density at radius 2 is 1.78 bits per heavy atom. The molecule has 2 N–H and O–H groups in total. The summed E-state index contributed by atoms with van der Waals surface area (Å²) >= 11 is 0. The first kappa shape index (κ1) is 25.5. The molecule has 3 aromatic rings. The highest BCUT2D eigenvalue weighted by atomic mass is 32.2. The topological polar surface area (TPSA) is 143 Å². The molecule has 0 fully saturated rings. The number of rotatable bonds is 4. The van der Waals surface area contributed by atoms with Gasteiger partial charge in [-0.15, -0.1) is 10.2 Å². The molecule has 1 aliphatic heterocycles. The molecule has 0 radical (unpaired) electrons. The van der Waals surface area contributed by atoms with Crippen molar-refractivity contribution in [2.24, 2.45) is 5.73 Å². The molecule has 10 heteroatoms. The molecule has 1 amide bonds. The zero-order valence-electron chi connectivity index (χ0n) is 20.9. The fraction of sp³-hybridized carbons (Fsp3) is 0.385. The van der Waals surface area contributed by atoms with Gasteiger partial charge < -0.3 is 15.1 Å². The molecule has 2 heterocycles. The maximum Gasteiger partial charge on any atom is 0.247 e. The number of hydrogen-bond donors (Lipinski definition) is 1. The molecule has 1 aromatic heterocycles. The minimum absolute atomic E-state index is 0.0188. The van der Waals surface area contributed by atoms with Gasteiger partial charge in [-0.3, -0.25) is 4.79 Å². The quantitative estimate of drug-likeness (QED) is 0.565. The van der Waals surface area contributed by atoms with Crippen LogP contribution in [-0.4, -0.2) is 36.3 Å². The summed E-state index contributed by atoms with van der Waals surface area (Å²) in [5.41, 5.74) is 7.31. The zero-order chi connectivity index (χ0) is 26.5. The van der Waals surface area contributed by atoms with E-state index < -0.39 is 33.0 Å². The molecule has 1 atom stereocenters. The molecule has 36 heavy (non-hydrogen) atoms. The molecule has 9 nitrogen and oxygen atoms in total.